The molecule has 4 aromatic carbocycles. The molecule has 6 heterocycles. The van der Waals surface area contributed by atoms with Crippen LogP contribution < -0.4 is 14.2 Å². The maximum Gasteiger partial charge on any atom is 0.234 e. The first-order valence-electron chi connectivity index (χ1n) is 32.8. The molecule has 0 saturated heterocycles. The summed E-state index contributed by atoms with van der Waals surface area (Å²) in [5.41, 5.74) is 9.47. The van der Waals surface area contributed by atoms with Gasteiger partial charge in [-0.1, -0.05) is 160 Å². The van der Waals surface area contributed by atoms with Crippen LogP contribution in [0.3, 0.4) is 0 Å². The number of aryl methyl sites for hydroxylation is 2. The number of fused-ring (bicyclic) bond motifs is 3. The van der Waals surface area contributed by atoms with Gasteiger partial charge in [-0.2, -0.15) is 15.3 Å². The number of hydrogen-bond acceptors (Lipinski definition) is 15. The Morgan fingerprint density at radius 3 is 1.21 bits per heavy atom. The van der Waals surface area contributed by atoms with Crippen molar-refractivity contribution >= 4 is 77.8 Å². The smallest absolute Gasteiger partial charge is 0.234 e. The van der Waals surface area contributed by atoms with E-state index in [1.807, 2.05) is 135 Å². The fraction of sp³-hybridized carbons (Fsp3) is 0.435. The Balaban J connectivity index is 0.000000157. The minimum atomic E-state index is -3.76. The van der Waals surface area contributed by atoms with Crippen LogP contribution in [0, 0.1) is 11.8 Å². The second kappa shape index (κ2) is 31.4. The summed E-state index contributed by atoms with van der Waals surface area (Å²) in [4.78, 5) is 0. The molecule has 0 radical (unpaired) electrons. The molecule has 5 aliphatic rings. The van der Waals surface area contributed by atoms with E-state index >= 15 is 0 Å². The van der Waals surface area contributed by atoms with Gasteiger partial charge in [-0.3, -0.25) is 14.0 Å². The van der Waals surface area contributed by atoms with Crippen molar-refractivity contribution in [3.05, 3.63) is 211 Å². The van der Waals surface area contributed by atoms with Crippen LogP contribution in [0.4, 0.5) is 0 Å². The van der Waals surface area contributed by atoms with Gasteiger partial charge in [0, 0.05) is 76.0 Å². The fourth-order valence-electron chi connectivity index (χ4n) is 13.2. The van der Waals surface area contributed by atoms with E-state index < -0.39 is 65.6 Å². The number of hydrogen-bond donors (Lipinski definition) is 3. The number of benzene rings is 4. The number of nitrogens with zero attached hydrogens (tertiary/aromatic N) is 6. The van der Waals surface area contributed by atoms with Gasteiger partial charge in [0.1, 0.15) is 0 Å². The lowest BCUT2D eigenvalue weighted by atomic mass is 9.85. The number of sulfonamides is 3. The van der Waals surface area contributed by atoms with Crippen LogP contribution >= 0.6 is 0 Å². The molecular weight excluding hydrogens is 1340 g/mol. The SMILES string of the molecule is C[C@@H](NS(=O)(=O)/C=C/c1c2c(nn1Cc1ccccc1)CCS(=O)(=O)C2)C1CCCCC1.C[C@H](NS(=O)(=O)/C=C/c1c2c(nn1Cc1ccccc1)CCS(=O)(=O)C2)C1CCCCC1.C[C@H](NS(=O)(=O)/C=C/c1nn(Cc2ccccc2)c2c1CS(=O)(=O)CC2)c1ccccc1. The van der Waals surface area contributed by atoms with Crippen molar-refractivity contribution in [3.8, 4) is 0 Å². The zero-order valence-electron chi connectivity index (χ0n) is 54.5. The Morgan fingerprint density at radius 2 is 0.792 bits per heavy atom. The summed E-state index contributed by atoms with van der Waals surface area (Å²) in [7, 11) is -20.8. The van der Waals surface area contributed by atoms with Gasteiger partial charge < -0.3 is 0 Å². The van der Waals surface area contributed by atoms with Crippen LogP contribution in [0.1, 0.15) is 164 Å². The first-order chi connectivity index (χ1) is 45.7. The van der Waals surface area contributed by atoms with Crippen molar-refractivity contribution in [2.45, 2.75) is 159 Å². The number of nitrogens with one attached hydrogen (secondary N) is 3. The van der Waals surface area contributed by atoms with Crippen molar-refractivity contribution in [1.82, 2.24) is 43.5 Å². The molecule has 0 amide bonds. The van der Waals surface area contributed by atoms with Gasteiger partial charge in [-0.15, -0.1) is 0 Å². The Morgan fingerprint density at radius 1 is 0.438 bits per heavy atom. The van der Waals surface area contributed by atoms with Crippen LogP contribution in [-0.4, -0.2) is 109 Å². The largest absolute Gasteiger partial charge is 0.264 e. The van der Waals surface area contributed by atoms with Crippen LogP contribution in [0.15, 0.2) is 138 Å². The Hall–Kier alpha value is -6.69. The number of sulfone groups is 3. The van der Waals surface area contributed by atoms with E-state index in [0.717, 1.165) is 107 Å². The molecule has 0 spiro atoms. The molecule has 27 heteroatoms. The maximum absolute atomic E-state index is 12.8. The summed E-state index contributed by atoms with van der Waals surface area (Å²) in [5.74, 6) is 0.574. The Bertz CT molecular complexity index is 4430. The quantitative estimate of drug-likeness (QED) is 0.0603. The van der Waals surface area contributed by atoms with Crippen molar-refractivity contribution in [2.75, 3.05) is 17.3 Å². The highest BCUT2D eigenvalue weighted by atomic mass is 32.2. The number of rotatable bonds is 21. The van der Waals surface area contributed by atoms with Crippen molar-refractivity contribution < 1.29 is 50.5 Å². The molecule has 12 rings (SSSR count). The monoisotopic (exact) mass is 1430 g/mol. The molecule has 7 aromatic rings. The average molecular weight is 1430 g/mol. The molecule has 2 saturated carbocycles. The highest BCUT2D eigenvalue weighted by Crippen LogP contribution is 2.32. The van der Waals surface area contributed by atoms with Crippen LogP contribution in [0.25, 0.3) is 18.2 Å². The Kier molecular flexibility index (Phi) is 23.6. The van der Waals surface area contributed by atoms with Gasteiger partial charge in [0.25, 0.3) is 0 Å². The topological polar surface area (TPSA) is 294 Å². The fourth-order valence-corrected chi connectivity index (χ4v) is 20.7. The lowest BCUT2D eigenvalue weighted by Crippen LogP contribution is -2.37. The number of aromatic nitrogens is 6. The van der Waals surface area contributed by atoms with E-state index in [1.165, 1.54) is 31.1 Å². The predicted octanol–water partition coefficient (Wildman–Crippen LogP) is 9.58. The van der Waals surface area contributed by atoms with E-state index in [9.17, 15) is 50.5 Å². The summed E-state index contributed by atoms with van der Waals surface area (Å²) in [5, 5.41) is 17.2. The summed E-state index contributed by atoms with van der Waals surface area (Å²) in [6, 6.07) is 37.8. The zero-order valence-corrected chi connectivity index (χ0v) is 59.4. The van der Waals surface area contributed by atoms with Gasteiger partial charge >= 0.3 is 0 Å². The minimum Gasteiger partial charge on any atom is -0.264 e. The van der Waals surface area contributed by atoms with Crippen LogP contribution in [0.2, 0.25) is 0 Å². The van der Waals surface area contributed by atoms with E-state index in [4.69, 9.17) is 0 Å². The predicted molar refractivity (Wildman–Crippen MR) is 377 cm³/mol. The molecular formula is C69H87N9O12S6. The maximum atomic E-state index is 12.8. The molecule has 3 aliphatic heterocycles. The second-order valence-electron chi connectivity index (χ2n) is 25.8. The third-order valence-electron chi connectivity index (χ3n) is 18.4. The normalized spacial score (nSPS) is 19.1. The van der Waals surface area contributed by atoms with E-state index in [1.54, 1.807) is 21.0 Å². The molecule has 2 aliphatic carbocycles. The molecule has 0 unspecified atom stereocenters. The Labute approximate surface area is 566 Å². The minimum absolute atomic E-state index is 0.0675. The van der Waals surface area contributed by atoms with E-state index in [0.29, 0.717) is 84.5 Å². The molecule has 3 aromatic heterocycles. The second-order valence-corrected chi connectivity index (χ2v) is 37.1. The standard InChI is InChI=1S/C23H25N3O4S2.2C23H31N3O4S2/c1-18(20-10-6-3-7-11-20)25-32(29,30)15-12-22-21-17-31(27,28)14-13-23(21)26(24-22)16-19-8-4-2-5-9-19;2*1-18(20-10-6-3-7-11-20)25-32(29,30)15-13-23-21-17-31(27,28)14-12-22(21)24-26(23)16-19-8-4-2-5-9-19/h2-12,15,18,25H,13-14,16-17H2,1H3;2*2,4-5,8-9,13,15,18,20,25H,3,6-7,10-12,14,16-17H2,1H3/b15-12+;2*15-13+/t3*18-/m010/s1. The third-order valence-corrected chi connectivity index (χ3v) is 26.6. The molecule has 0 bridgehead atoms. The van der Waals surface area contributed by atoms with Gasteiger partial charge in [0.15, 0.2) is 29.5 Å². The molecule has 96 heavy (non-hydrogen) atoms. The van der Waals surface area contributed by atoms with Crippen molar-refractivity contribution in [3.63, 3.8) is 0 Å². The van der Waals surface area contributed by atoms with E-state index in [2.05, 4.69) is 29.5 Å². The molecule has 516 valence electrons. The van der Waals surface area contributed by atoms with Crippen LogP contribution in [-0.2, 0) is 116 Å². The molecule has 3 atom stereocenters. The molecule has 21 nitrogen and oxygen atoms in total. The van der Waals surface area contributed by atoms with Crippen molar-refractivity contribution in [2.24, 2.45) is 11.8 Å². The third kappa shape index (κ3) is 20.2. The van der Waals surface area contributed by atoms with E-state index in [-0.39, 0.29) is 46.6 Å². The summed E-state index contributed by atoms with van der Waals surface area (Å²) in [6.07, 6.45) is 16.7. The van der Waals surface area contributed by atoms with Crippen molar-refractivity contribution in [1.29, 1.82) is 0 Å². The lowest BCUT2D eigenvalue weighted by Gasteiger charge is -2.27. The average Bonchev–Trinajstić information content (AvgIpc) is 1.64. The molecule has 3 N–H and O–H groups in total. The molecule has 2 fully saturated rings. The highest BCUT2D eigenvalue weighted by Gasteiger charge is 2.32. The first-order valence-corrected chi connectivity index (χ1v) is 42.9. The first kappa shape index (κ1) is 72.1. The van der Waals surface area contributed by atoms with Gasteiger partial charge in [0.05, 0.1) is 82.6 Å². The highest BCUT2D eigenvalue weighted by molar-refractivity contribution is 7.93. The zero-order chi connectivity index (χ0) is 68.3. The summed E-state index contributed by atoms with van der Waals surface area (Å²) in [6.45, 7) is 7.00. The summed E-state index contributed by atoms with van der Waals surface area (Å²) < 4.78 is 163. The summed E-state index contributed by atoms with van der Waals surface area (Å²) >= 11 is 0. The van der Waals surface area contributed by atoms with Crippen LogP contribution in [0.5, 0.6) is 0 Å². The van der Waals surface area contributed by atoms with Gasteiger partial charge in [-0.05, 0) is 98.8 Å². The lowest BCUT2D eigenvalue weighted by molar-refractivity contribution is 0.303. The van der Waals surface area contributed by atoms with Gasteiger partial charge in [0.2, 0.25) is 30.1 Å². The van der Waals surface area contributed by atoms with Gasteiger partial charge in [-0.25, -0.2) is 64.7 Å².